The molecule has 0 bridgehead atoms. The Labute approximate surface area is 149 Å². The predicted octanol–water partition coefficient (Wildman–Crippen LogP) is 4.44. The van der Waals surface area contributed by atoms with Crippen molar-refractivity contribution < 1.29 is 19.1 Å². The number of hydrogen-bond donors (Lipinski definition) is 0. The summed E-state index contributed by atoms with van der Waals surface area (Å²) in [7, 11) is 1.29. The van der Waals surface area contributed by atoms with E-state index in [9.17, 15) is 9.59 Å². The van der Waals surface area contributed by atoms with Gasteiger partial charge in [0.1, 0.15) is 5.75 Å². The lowest BCUT2D eigenvalue weighted by atomic mass is 10.1. The van der Waals surface area contributed by atoms with Crippen molar-refractivity contribution in [2.75, 3.05) is 13.7 Å². The van der Waals surface area contributed by atoms with E-state index in [-0.39, 0.29) is 12.4 Å². The fourth-order valence-corrected chi connectivity index (χ4v) is 2.11. The third-order valence-electron chi connectivity index (χ3n) is 3.09. The summed E-state index contributed by atoms with van der Waals surface area (Å²) >= 11 is 11.8. The first-order chi connectivity index (χ1) is 11.5. The molecular formula is C18H14Cl2O4. The molecule has 0 amide bonds. The van der Waals surface area contributed by atoms with Crippen LogP contribution in [-0.2, 0) is 9.53 Å². The number of hydrogen-bond acceptors (Lipinski definition) is 4. The molecule has 0 aliphatic carbocycles. The van der Waals surface area contributed by atoms with E-state index in [1.807, 2.05) is 0 Å². The van der Waals surface area contributed by atoms with Gasteiger partial charge in [0, 0.05) is 5.56 Å². The van der Waals surface area contributed by atoms with Crippen molar-refractivity contribution in [1.29, 1.82) is 0 Å². The molecule has 2 aromatic carbocycles. The average Bonchev–Trinajstić information content (AvgIpc) is 2.60. The maximum absolute atomic E-state index is 12.1. The highest BCUT2D eigenvalue weighted by atomic mass is 35.5. The largest absolute Gasteiger partial charge is 0.482 e. The third kappa shape index (κ3) is 5.11. The Morgan fingerprint density at radius 2 is 1.75 bits per heavy atom. The summed E-state index contributed by atoms with van der Waals surface area (Å²) in [6, 6.07) is 11.6. The fraction of sp³-hybridized carbons (Fsp3) is 0.111. The first kappa shape index (κ1) is 18.0. The van der Waals surface area contributed by atoms with Crippen molar-refractivity contribution in [2.45, 2.75) is 0 Å². The highest BCUT2D eigenvalue weighted by Gasteiger charge is 2.05. The van der Waals surface area contributed by atoms with Gasteiger partial charge in [-0.2, -0.15) is 0 Å². The molecule has 0 radical (unpaired) electrons. The monoisotopic (exact) mass is 364 g/mol. The highest BCUT2D eigenvalue weighted by molar-refractivity contribution is 6.42. The molecule has 4 nitrogen and oxygen atoms in total. The molecule has 0 aliphatic rings. The molecule has 0 saturated carbocycles. The molecule has 0 aromatic heterocycles. The third-order valence-corrected chi connectivity index (χ3v) is 3.83. The Bertz CT molecular complexity index is 767. The van der Waals surface area contributed by atoms with Crippen molar-refractivity contribution in [3.8, 4) is 5.75 Å². The van der Waals surface area contributed by atoms with E-state index >= 15 is 0 Å². The van der Waals surface area contributed by atoms with E-state index < -0.39 is 5.97 Å². The fourth-order valence-electron chi connectivity index (χ4n) is 1.80. The van der Waals surface area contributed by atoms with E-state index in [1.165, 1.54) is 13.2 Å². The summed E-state index contributed by atoms with van der Waals surface area (Å²) < 4.78 is 9.69. The van der Waals surface area contributed by atoms with E-state index in [0.29, 0.717) is 21.4 Å². The van der Waals surface area contributed by atoms with Crippen LogP contribution in [0.3, 0.4) is 0 Å². The number of ketones is 1. The second-order valence-electron chi connectivity index (χ2n) is 4.76. The SMILES string of the molecule is COC(=O)COc1ccc(C(=O)/C=C/c2ccc(Cl)c(Cl)c2)cc1. The average molecular weight is 365 g/mol. The van der Waals surface area contributed by atoms with Crippen molar-refractivity contribution in [3.05, 3.63) is 69.7 Å². The number of rotatable bonds is 6. The molecule has 0 spiro atoms. The molecule has 124 valence electrons. The lowest BCUT2D eigenvalue weighted by Gasteiger charge is -2.05. The zero-order valence-electron chi connectivity index (χ0n) is 12.8. The van der Waals surface area contributed by atoms with Crippen LogP contribution in [0.1, 0.15) is 15.9 Å². The first-order valence-electron chi connectivity index (χ1n) is 6.97. The number of halogens is 2. The number of esters is 1. The van der Waals surface area contributed by atoms with Gasteiger partial charge in [-0.1, -0.05) is 35.3 Å². The van der Waals surface area contributed by atoms with Crippen LogP contribution in [0.25, 0.3) is 6.08 Å². The van der Waals surface area contributed by atoms with Gasteiger partial charge in [-0.25, -0.2) is 4.79 Å². The number of benzene rings is 2. The number of carbonyl (C=O) groups is 2. The second-order valence-corrected chi connectivity index (χ2v) is 5.57. The Balaban J connectivity index is 2.00. The summed E-state index contributed by atoms with van der Waals surface area (Å²) in [5.41, 5.74) is 1.27. The van der Waals surface area contributed by atoms with Crippen LogP contribution < -0.4 is 4.74 Å². The van der Waals surface area contributed by atoms with Gasteiger partial charge in [0.05, 0.1) is 17.2 Å². The minimum absolute atomic E-state index is 0.166. The van der Waals surface area contributed by atoms with Crippen molar-refractivity contribution in [2.24, 2.45) is 0 Å². The van der Waals surface area contributed by atoms with Gasteiger partial charge < -0.3 is 9.47 Å². The van der Waals surface area contributed by atoms with E-state index in [1.54, 1.807) is 48.5 Å². The lowest BCUT2D eigenvalue weighted by Crippen LogP contribution is -2.12. The molecule has 0 saturated heterocycles. The Hall–Kier alpha value is -2.30. The second kappa shape index (κ2) is 8.52. The van der Waals surface area contributed by atoms with Crippen molar-refractivity contribution in [3.63, 3.8) is 0 Å². The van der Waals surface area contributed by atoms with Crippen LogP contribution in [0.15, 0.2) is 48.5 Å². The summed E-state index contributed by atoms with van der Waals surface area (Å²) in [5, 5.41) is 0.890. The van der Waals surface area contributed by atoms with Gasteiger partial charge in [0.2, 0.25) is 0 Å². The van der Waals surface area contributed by atoms with Crippen LogP contribution in [0.4, 0.5) is 0 Å². The number of ether oxygens (including phenoxy) is 2. The summed E-state index contributed by atoms with van der Waals surface area (Å²) in [4.78, 5) is 23.1. The Morgan fingerprint density at radius 3 is 2.38 bits per heavy atom. The highest BCUT2D eigenvalue weighted by Crippen LogP contribution is 2.23. The molecule has 0 aliphatic heterocycles. The zero-order valence-corrected chi connectivity index (χ0v) is 14.3. The minimum Gasteiger partial charge on any atom is -0.482 e. The molecule has 0 N–H and O–H groups in total. The maximum Gasteiger partial charge on any atom is 0.343 e. The van der Waals surface area contributed by atoms with E-state index in [2.05, 4.69) is 4.74 Å². The van der Waals surface area contributed by atoms with Gasteiger partial charge in [-0.3, -0.25) is 4.79 Å². The van der Waals surface area contributed by atoms with Crippen LogP contribution >= 0.6 is 23.2 Å². The molecule has 6 heteroatoms. The number of allylic oxidation sites excluding steroid dienone is 1. The van der Waals surface area contributed by atoms with Crippen LogP contribution in [-0.4, -0.2) is 25.5 Å². The summed E-state index contributed by atoms with van der Waals surface area (Å²) in [6.07, 6.45) is 3.11. The number of methoxy groups -OCH3 is 1. The molecule has 24 heavy (non-hydrogen) atoms. The molecule has 0 unspecified atom stereocenters. The maximum atomic E-state index is 12.1. The smallest absolute Gasteiger partial charge is 0.343 e. The van der Waals surface area contributed by atoms with Crippen molar-refractivity contribution in [1.82, 2.24) is 0 Å². The molecule has 0 fully saturated rings. The minimum atomic E-state index is -0.472. The molecule has 2 rings (SSSR count). The van der Waals surface area contributed by atoms with Crippen LogP contribution in [0, 0.1) is 0 Å². The number of carbonyl (C=O) groups excluding carboxylic acids is 2. The Morgan fingerprint density at radius 1 is 1.04 bits per heavy atom. The first-order valence-corrected chi connectivity index (χ1v) is 7.72. The summed E-state index contributed by atoms with van der Waals surface area (Å²) in [6.45, 7) is -0.180. The van der Waals surface area contributed by atoms with Crippen LogP contribution in [0.5, 0.6) is 5.75 Å². The van der Waals surface area contributed by atoms with Gasteiger partial charge in [0.15, 0.2) is 12.4 Å². The van der Waals surface area contributed by atoms with Gasteiger partial charge >= 0.3 is 5.97 Å². The normalized spacial score (nSPS) is 10.6. The quantitative estimate of drug-likeness (QED) is 0.431. The van der Waals surface area contributed by atoms with Gasteiger partial charge in [-0.05, 0) is 48.0 Å². The van der Waals surface area contributed by atoms with E-state index in [0.717, 1.165) is 5.56 Å². The van der Waals surface area contributed by atoms with Crippen LogP contribution in [0.2, 0.25) is 10.0 Å². The van der Waals surface area contributed by atoms with Crippen molar-refractivity contribution >= 4 is 41.0 Å². The van der Waals surface area contributed by atoms with E-state index in [4.69, 9.17) is 27.9 Å². The molecular weight excluding hydrogens is 351 g/mol. The summed E-state index contributed by atoms with van der Waals surface area (Å²) in [5.74, 6) is -0.161. The predicted molar refractivity (Wildman–Crippen MR) is 93.8 cm³/mol. The molecule has 2 aromatic rings. The Kier molecular flexibility index (Phi) is 6.41. The van der Waals surface area contributed by atoms with Gasteiger partial charge in [-0.15, -0.1) is 0 Å². The standard InChI is InChI=1S/C18H14Cl2O4/c1-23-18(22)11-24-14-6-4-13(5-7-14)17(21)9-3-12-2-8-15(19)16(20)10-12/h2-10H,11H2,1H3/b9-3+. The topological polar surface area (TPSA) is 52.6 Å². The molecule has 0 atom stereocenters. The van der Waals surface area contributed by atoms with Gasteiger partial charge in [0.25, 0.3) is 0 Å². The zero-order chi connectivity index (χ0) is 17.5. The molecule has 0 heterocycles. The lowest BCUT2D eigenvalue weighted by molar-refractivity contribution is -0.142.